The van der Waals surface area contributed by atoms with Crippen molar-refractivity contribution in [3.8, 4) is 5.75 Å². The number of hydrogen-bond donors (Lipinski definition) is 2. The smallest absolute Gasteiger partial charge is 0.143 e. The minimum Gasteiger partial charge on any atom is -0.506 e. The molecule has 0 radical (unpaired) electrons. The minimum absolute atomic E-state index is 0.267. The number of phenolic OH excluding ortho intramolecular Hbond substituents is 1. The Morgan fingerprint density at radius 1 is 1.28 bits per heavy atom. The third-order valence-corrected chi connectivity index (χ3v) is 5.06. The first-order valence-electron chi connectivity index (χ1n) is 6.45. The van der Waals surface area contributed by atoms with E-state index < -0.39 is 0 Å². The number of benzene rings is 1. The molecular weight excluding hydrogens is 358 g/mol. The normalized spacial score (nSPS) is 23.5. The van der Waals surface area contributed by atoms with Crippen LogP contribution in [0.1, 0.15) is 31.7 Å². The maximum atomic E-state index is 9.65. The highest BCUT2D eigenvalue weighted by Crippen LogP contribution is 2.33. The maximum Gasteiger partial charge on any atom is 0.143 e. The molecule has 1 aromatic carbocycles. The van der Waals surface area contributed by atoms with Crippen molar-refractivity contribution in [3.05, 3.63) is 26.6 Å². The van der Waals surface area contributed by atoms with Gasteiger partial charge in [0.1, 0.15) is 5.75 Å². The van der Waals surface area contributed by atoms with Gasteiger partial charge >= 0.3 is 0 Å². The van der Waals surface area contributed by atoms with Gasteiger partial charge in [-0.05, 0) is 74.4 Å². The van der Waals surface area contributed by atoms with Crippen LogP contribution in [0.25, 0.3) is 0 Å². The van der Waals surface area contributed by atoms with Gasteiger partial charge in [0.15, 0.2) is 0 Å². The van der Waals surface area contributed by atoms with E-state index in [-0.39, 0.29) is 5.75 Å². The SMILES string of the molecule is CC1CCCC1CNCc1cc(Br)c(O)c(Br)c1. The summed E-state index contributed by atoms with van der Waals surface area (Å²) in [5.74, 6) is 1.95. The molecule has 100 valence electrons. The Kier molecular flexibility index (Phi) is 5.10. The van der Waals surface area contributed by atoms with E-state index in [1.54, 1.807) is 0 Å². The lowest BCUT2D eigenvalue weighted by atomic mass is 9.98. The lowest BCUT2D eigenvalue weighted by Gasteiger charge is -2.16. The van der Waals surface area contributed by atoms with Crippen molar-refractivity contribution in [1.29, 1.82) is 0 Å². The Bertz CT molecular complexity index is 399. The molecule has 1 aromatic rings. The Morgan fingerprint density at radius 2 is 1.94 bits per heavy atom. The summed E-state index contributed by atoms with van der Waals surface area (Å²) in [7, 11) is 0. The topological polar surface area (TPSA) is 32.3 Å². The van der Waals surface area contributed by atoms with Crippen LogP contribution in [0.15, 0.2) is 21.1 Å². The fraction of sp³-hybridized carbons (Fsp3) is 0.571. The van der Waals surface area contributed by atoms with Crippen molar-refractivity contribution < 1.29 is 5.11 Å². The van der Waals surface area contributed by atoms with Crippen LogP contribution in [0.3, 0.4) is 0 Å². The van der Waals surface area contributed by atoms with Crippen molar-refractivity contribution in [1.82, 2.24) is 5.32 Å². The van der Waals surface area contributed by atoms with Crippen LogP contribution in [-0.2, 0) is 6.54 Å². The van der Waals surface area contributed by atoms with Crippen molar-refractivity contribution in [2.75, 3.05) is 6.54 Å². The van der Waals surface area contributed by atoms with E-state index in [2.05, 4.69) is 44.1 Å². The van der Waals surface area contributed by atoms with E-state index >= 15 is 0 Å². The third-order valence-electron chi connectivity index (χ3n) is 3.85. The van der Waals surface area contributed by atoms with E-state index in [9.17, 15) is 5.11 Å². The molecule has 1 aliphatic rings. The van der Waals surface area contributed by atoms with E-state index in [1.165, 1.54) is 24.8 Å². The van der Waals surface area contributed by atoms with Gasteiger partial charge in [-0.2, -0.15) is 0 Å². The Labute approximate surface area is 125 Å². The lowest BCUT2D eigenvalue weighted by molar-refractivity contribution is 0.392. The summed E-state index contributed by atoms with van der Waals surface area (Å²) in [6.07, 6.45) is 4.11. The highest BCUT2D eigenvalue weighted by molar-refractivity contribution is 9.11. The number of aromatic hydroxyl groups is 1. The molecule has 0 bridgehead atoms. The first kappa shape index (κ1) is 14.4. The molecule has 0 amide bonds. The number of phenols is 1. The predicted octanol–water partition coefficient (Wildman–Crippen LogP) is 4.44. The van der Waals surface area contributed by atoms with Crippen LogP contribution < -0.4 is 5.32 Å². The van der Waals surface area contributed by atoms with Gasteiger partial charge in [-0.25, -0.2) is 0 Å². The molecule has 0 spiro atoms. The quantitative estimate of drug-likeness (QED) is 0.813. The molecule has 2 rings (SSSR count). The summed E-state index contributed by atoms with van der Waals surface area (Å²) in [4.78, 5) is 0. The van der Waals surface area contributed by atoms with Gasteiger partial charge in [-0.15, -0.1) is 0 Å². The monoisotopic (exact) mass is 375 g/mol. The highest BCUT2D eigenvalue weighted by Gasteiger charge is 2.22. The van der Waals surface area contributed by atoms with Gasteiger partial charge in [0.25, 0.3) is 0 Å². The van der Waals surface area contributed by atoms with Crippen LogP contribution >= 0.6 is 31.9 Å². The van der Waals surface area contributed by atoms with Crippen LogP contribution in [0.4, 0.5) is 0 Å². The minimum atomic E-state index is 0.267. The first-order chi connectivity index (χ1) is 8.58. The summed E-state index contributed by atoms with van der Waals surface area (Å²) in [5, 5.41) is 13.2. The van der Waals surface area contributed by atoms with Crippen LogP contribution in [-0.4, -0.2) is 11.7 Å². The van der Waals surface area contributed by atoms with Crippen LogP contribution in [0.5, 0.6) is 5.75 Å². The highest BCUT2D eigenvalue weighted by atomic mass is 79.9. The molecule has 2 N–H and O–H groups in total. The summed E-state index contributed by atoms with van der Waals surface area (Å²) in [6, 6.07) is 3.93. The summed E-state index contributed by atoms with van der Waals surface area (Å²) in [6.45, 7) is 4.30. The van der Waals surface area contributed by atoms with Gasteiger partial charge in [0, 0.05) is 6.54 Å². The number of hydrogen-bond acceptors (Lipinski definition) is 2. The number of nitrogens with one attached hydrogen (secondary N) is 1. The first-order valence-corrected chi connectivity index (χ1v) is 8.04. The Hall–Kier alpha value is -0.0600. The molecular formula is C14H19Br2NO. The van der Waals surface area contributed by atoms with Crippen LogP contribution in [0, 0.1) is 11.8 Å². The van der Waals surface area contributed by atoms with E-state index in [4.69, 9.17) is 0 Å². The summed E-state index contributed by atoms with van der Waals surface area (Å²) >= 11 is 6.71. The zero-order chi connectivity index (χ0) is 13.1. The molecule has 1 aliphatic carbocycles. The Balaban J connectivity index is 1.87. The average Bonchev–Trinajstić information content (AvgIpc) is 2.72. The lowest BCUT2D eigenvalue weighted by Crippen LogP contribution is -2.23. The fourth-order valence-corrected chi connectivity index (χ4v) is 3.93. The molecule has 0 aromatic heterocycles. The largest absolute Gasteiger partial charge is 0.506 e. The standard InChI is InChI=1S/C14H19Br2NO/c1-9-3-2-4-11(9)8-17-7-10-5-12(15)14(18)13(16)6-10/h5-6,9,11,17-18H,2-4,7-8H2,1H3. The van der Waals surface area contributed by atoms with E-state index in [1.807, 2.05) is 12.1 Å². The number of rotatable bonds is 4. The molecule has 0 heterocycles. The van der Waals surface area contributed by atoms with Crippen LogP contribution in [0.2, 0.25) is 0 Å². The van der Waals surface area contributed by atoms with Gasteiger partial charge in [0.2, 0.25) is 0 Å². The predicted molar refractivity (Wildman–Crippen MR) is 81.7 cm³/mol. The molecule has 2 nitrogen and oxygen atoms in total. The average molecular weight is 377 g/mol. The molecule has 4 heteroatoms. The maximum absolute atomic E-state index is 9.65. The third kappa shape index (κ3) is 3.49. The fourth-order valence-electron chi connectivity index (χ4n) is 2.65. The zero-order valence-electron chi connectivity index (χ0n) is 10.5. The second kappa shape index (κ2) is 6.40. The van der Waals surface area contributed by atoms with E-state index in [0.717, 1.165) is 33.9 Å². The van der Waals surface area contributed by atoms with E-state index in [0.29, 0.717) is 0 Å². The summed E-state index contributed by atoms with van der Waals surface area (Å²) < 4.78 is 1.48. The molecule has 1 fully saturated rings. The second-order valence-electron chi connectivity index (χ2n) is 5.21. The van der Waals surface area contributed by atoms with Crippen molar-refractivity contribution in [2.45, 2.75) is 32.7 Å². The van der Waals surface area contributed by atoms with Gasteiger partial charge in [-0.1, -0.05) is 19.8 Å². The molecule has 2 atom stereocenters. The molecule has 2 unspecified atom stereocenters. The molecule has 0 aliphatic heterocycles. The summed E-state index contributed by atoms with van der Waals surface area (Å²) in [5.41, 5.74) is 1.18. The molecule has 18 heavy (non-hydrogen) atoms. The van der Waals surface area contributed by atoms with Gasteiger partial charge in [0.05, 0.1) is 8.95 Å². The molecule has 0 saturated heterocycles. The second-order valence-corrected chi connectivity index (χ2v) is 6.92. The zero-order valence-corrected chi connectivity index (χ0v) is 13.7. The number of halogens is 2. The van der Waals surface area contributed by atoms with Crippen molar-refractivity contribution >= 4 is 31.9 Å². The van der Waals surface area contributed by atoms with Gasteiger partial charge in [-0.3, -0.25) is 0 Å². The Morgan fingerprint density at radius 3 is 2.50 bits per heavy atom. The van der Waals surface area contributed by atoms with Crippen molar-refractivity contribution in [2.24, 2.45) is 11.8 Å². The van der Waals surface area contributed by atoms with Gasteiger partial charge < -0.3 is 10.4 Å². The van der Waals surface area contributed by atoms with Crippen molar-refractivity contribution in [3.63, 3.8) is 0 Å². The molecule has 1 saturated carbocycles.